The number of rotatable bonds is 2. The van der Waals surface area contributed by atoms with Gasteiger partial charge in [0.15, 0.2) is 0 Å². The topological polar surface area (TPSA) is 32.3 Å². The highest BCUT2D eigenvalue weighted by atomic mass is 32.2. The van der Waals surface area contributed by atoms with Gasteiger partial charge in [-0.1, -0.05) is 0 Å². The van der Waals surface area contributed by atoms with Gasteiger partial charge in [0.1, 0.15) is 0 Å². The van der Waals surface area contributed by atoms with Crippen molar-refractivity contribution in [3.63, 3.8) is 0 Å². The molecule has 1 N–H and O–H groups in total. The molecule has 2 saturated heterocycles. The molecule has 0 aromatic heterocycles. The fraction of sp³-hybridized carbons (Fsp3) is 1.00. The van der Waals surface area contributed by atoms with E-state index in [-0.39, 0.29) is 0 Å². The molecule has 70 valence electrons. The van der Waals surface area contributed by atoms with E-state index in [1.807, 2.05) is 0 Å². The normalized spacial score (nSPS) is 38.4. The van der Waals surface area contributed by atoms with Gasteiger partial charge in [-0.2, -0.15) is 0 Å². The van der Waals surface area contributed by atoms with Crippen LogP contribution < -0.4 is 4.72 Å². The van der Waals surface area contributed by atoms with Crippen LogP contribution in [0, 0.1) is 0 Å². The highest BCUT2D eigenvalue weighted by molar-refractivity contribution is 7.82. The molecule has 2 fully saturated rings. The van der Waals surface area contributed by atoms with Crippen LogP contribution in [0.15, 0.2) is 0 Å². The second-order valence-corrected chi connectivity index (χ2v) is 4.94. The van der Waals surface area contributed by atoms with Gasteiger partial charge < -0.3 is 0 Å². The minimum Gasteiger partial charge on any atom is -0.299 e. The van der Waals surface area contributed by atoms with Crippen molar-refractivity contribution in [3.8, 4) is 0 Å². The smallest absolute Gasteiger partial charge is 0.0886 e. The molecule has 3 atom stereocenters. The van der Waals surface area contributed by atoms with E-state index < -0.39 is 11.0 Å². The summed E-state index contributed by atoms with van der Waals surface area (Å²) < 4.78 is 14.0. The maximum atomic E-state index is 10.9. The zero-order chi connectivity index (χ0) is 8.55. The Kier molecular flexibility index (Phi) is 2.48. The van der Waals surface area contributed by atoms with E-state index >= 15 is 0 Å². The van der Waals surface area contributed by atoms with E-state index in [0.29, 0.717) is 6.04 Å². The Morgan fingerprint density at radius 3 is 3.08 bits per heavy atom. The summed E-state index contributed by atoms with van der Waals surface area (Å²) in [4.78, 5) is 2.52. The molecule has 0 aromatic carbocycles. The van der Waals surface area contributed by atoms with E-state index in [1.165, 1.54) is 25.8 Å². The van der Waals surface area contributed by atoms with Gasteiger partial charge in [-0.3, -0.25) is 4.90 Å². The molecule has 0 amide bonds. The minimum atomic E-state index is -0.840. The molecule has 3 unspecified atom stereocenters. The molecule has 0 aromatic rings. The van der Waals surface area contributed by atoms with E-state index in [0.717, 1.165) is 12.6 Å². The fourth-order valence-electron chi connectivity index (χ4n) is 2.41. The largest absolute Gasteiger partial charge is 0.299 e. The van der Waals surface area contributed by atoms with Gasteiger partial charge in [-0.25, -0.2) is 8.93 Å². The molecule has 0 spiro atoms. The Bertz CT molecular complexity index is 185. The predicted octanol–water partition coefficient (Wildman–Crippen LogP) is 0.106. The average Bonchev–Trinajstić information content (AvgIpc) is 2.43. The first-order chi connectivity index (χ1) is 5.75. The molecular formula is C8H16N2OS. The second-order valence-electron chi connectivity index (χ2n) is 3.80. The Balaban J connectivity index is 1.86. The van der Waals surface area contributed by atoms with Gasteiger partial charge in [0, 0.05) is 24.9 Å². The summed E-state index contributed by atoms with van der Waals surface area (Å²) in [5, 5.41) is 0. The van der Waals surface area contributed by atoms with E-state index in [9.17, 15) is 4.21 Å². The monoisotopic (exact) mass is 188 g/mol. The third-order valence-electron chi connectivity index (χ3n) is 2.84. The quantitative estimate of drug-likeness (QED) is 0.667. The number of fused-ring (bicyclic) bond motifs is 1. The van der Waals surface area contributed by atoms with Gasteiger partial charge in [-0.05, 0) is 25.8 Å². The highest BCUT2D eigenvalue weighted by Gasteiger charge is 2.35. The summed E-state index contributed by atoms with van der Waals surface area (Å²) in [5.74, 6) is 0. The van der Waals surface area contributed by atoms with Crippen molar-refractivity contribution in [2.75, 3.05) is 19.3 Å². The molecule has 0 bridgehead atoms. The first kappa shape index (κ1) is 8.66. The molecule has 0 saturated carbocycles. The molecule has 0 radical (unpaired) electrons. The van der Waals surface area contributed by atoms with Crippen molar-refractivity contribution in [2.45, 2.75) is 31.3 Å². The highest BCUT2D eigenvalue weighted by Crippen LogP contribution is 2.27. The molecule has 2 heterocycles. The number of nitrogens with one attached hydrogen (secondary N) is 1. The molecule has 2 aliphatic rings. The summed E-state index contributed by atoms with van der Waals surface area (Å²) in [6, 6.07) is 1.26. The molecule has 0 aliphatic carbocycles. The van der Waals surface area contributed by atoms with Crippen LogP contribution in [0.1, 0.15) is 19.3 Å². The van der Waals surface area contributed by atoms with Crippen molar-refractivity contribution in [3.05, 3.63) is 0 Å². The molecule has 12 heavy (non-hydrogen) atoms. The predicted molar refractivity (Wildman–Crippen MR) is 50.2 cm³/mol. The molecule has 3 nitrogen and oxygen atoms in total. The van der Waals surface area contributed by atoms with Gasteiger partial charge >= 0.3 is 0 Å². The van der Waals surface area contributed by atoms with Crippen LogP contribution in [0.25, 0.3) is 0 Å². The lowest BCUT2D eigenvalue weighted by Gasteiger charge is -2.12. The van der Waals surface area contributed by atoms with Crippen molar-refractivity contribution in [2.24, 2.45) is 0 Å². The van der Waals surface area contributed by atoms with Crippen molar-refractivity contribution >= 4 is 11.0 Å². The third-order valence-corrected chi connectivity index (χ3v) is 3.51. The zero-order valence-corrected chi connectivity index (χ0v) is 8.27. The Labute approximate surface area is 76.1 Å². The van der Waals surface area contributed by atoms with Crippen LogP contribution in [0.4, 0.5) is 0 Å². The first-order valence-corrected chi connectivity index (χ1v) is 6.15. The maximum Gasteiger partial charge on any atom is 0.0886 e. The summed E-state index contributed by atoms with van der Waals surface area (Å²) in [7, 11) is -0.840. The summed E-state index contributed by atoms with van der Waals surface area (Å²) in [6.07, 6.45) is 5.60. The zero-order valence-electron chi connectivity index (χ0n) is 7.45. The van der Waals surface area contributed by atoms with E-state index in [1.54, 1.807) is 6.26 Å². The summed E-state index contributed by atoms with van der Waals surface area (Å²) >= 11 is 0. The van der Waals surface area contributed by atoms with E-state index in [2.05, 4.69) is 9.62 Å². The van der Waals surface area contributed by atoms with Crippen LogP contribution in [0.2, 0.25) is 0 Å². The molecule has 2 rings (SSSR count). The fourth-order valence-corrected chi connectivity index (χ4v) is 3.05. The van der Waals surface area contributed by atoms with Crippen molar-refractivity contribution in [1.29, 1.82) is 0 Å². The number of nitrogens with zero attached hydrogens (tertiary/aromatic N) is 1. The number of hydrogen-bond acceptors (Lipinski definition) is 2. The third kappa shape index (κ3) is 1.70. The van der Waals surface area contributed by atoms with Crippen LogP contribution in [-0.4, -0.2) is 40.5 Å². The summed E-state index contributed by atoms with van der Waals surface area (Å²) in [6.45, 7) is 2.35. The molecular weight excluding hydrogens is 172 g/mol. The SMILES string of the molecule is CS(=O)NC1CC2CCCN2C1. The lowest BCUT2D eigenvalue weighted by atomic mass is 10.1. The first-order valence-electron chi connectivity index (χ1n) is 4.59. The van der Waals surface area contributed by atoms with E-state index in [4.69, 9.17) is 0 Å². The molecule has 4 heteroatoms. The molecule has 2 aliphatic heterocycles. The van der Waals surface area contributed by atoms with Crippen LogP contribution in [0.3, 0.4) is 0 Å². The van der Waals surface area contributed by atoms with Crippen LogP contribution in [0.5, 0.6) is 0 Å². The lowest BCUT2D eigenvalue weighted by Crippen LogP contribution is -2.33. The average molecular weight is 188 g/mol. The summed E-state index contributed by atoms with van der Waals surface area (Å²) in [5.41, 5.74) is 0. The van der Waals surface area contributed by atoms with Gasteiger partial charge in [0.05, 0.1) is 11.0 Å². The minimum absolute atomic E-state index is 0.473. The number of hydrogen-bond donors (Lipinski definition) is 1. The van der Waals surface area contributed by atoms with Gasteiger partial charge in [0.25, 0.3) is 0 Å². The Hall–Kier alpha value is 0.0700. The van der Waals surface area contributed by atoms with Crippen molar-refractivity contribution in [1.82, 2.24) is 9.62 Å². The van der Waals surface area contributed by atoms with Gasteiger partial charge in [-0.15, -0.1) is 0 Å². The standard InChI is InChI=1S/C8H16N2OS/c1-12(11)9-7-5-8-3-2-4-10(8)6-7/h7-9H,2-6H2,1H3. The Morgan fingerprint density at radius 1 is 1.58 bits per heavy atom. The van der Waals surface area contributed by atoms with Crippen molar-refractivity contribution < 1.29 is 4.21 Å². The van der Waals surface area contributed by atoms with Gasteiger partial charge in [0.2, 0.25) is 0 Å². The Morgan fingerprint density at radius 2 is 2.42 bits per heavy atom. The van der Waals surface area contributed by atoms with Crippen LogP contribution >= 0.6 is 0 Å². The van der Waals surface area contributed by atoms with Crippen LogP contribution in [-0.2, 0) is 11.0 Å². The maximum absolute atomic E-state index is 10.9. The second kappa shape index (κ2) is 3.44. The lowest BCUT2D eigenvalue weighted by molar-refractivity contribution is 0.322.